The van der Waals surface area contributed by atoms with Crippen LogP contribution in [-0.4, -0.2) is 5.11 Å². The van der Waals surface area contributed by atoms with E-state index in [9.17, 15) is 0 Å². The van der Waals surface area contributed by atoms with Crippen molar-refractivity contribution in [3.8, 4) is 6.07 Å². The van der Waals surface area contributed by atoms with E-state index in [1.165, 1.54) is 5.56 Å². The van der Waals surface area contributed by atoms with E-state index < -0.39 is 6.10 Å². The monoisotopic (exact) mass is 161 g/mol. The summed E-state index contributed by atoms with van der Waals surface area (Å²) in [6, 6.07) is 9.20. The van der Waals surface area contributed by atoms with Crippen LogP contribution in [0.4, 0.5) is 0 Å². The third-order valence-corrected chi connectivity index (χ3v) is 1.83. The molecule has 1 atom stereocenters. The number of hydrogen-bond acceptors (Lipinski definition) is 2. The molecule has 0 radical (unpaired) electrons. The van der Waals surface area contributed by atoms with Gasteiger partial charge in [-0.25, -0.2) is 0 Å². The fraction of sp³-hybridized carbons (Fsp3) is 0.300. The fourth-order valence-electron chi connectivity index (χ4n) is 1.01. The lowest BCUT2D eigenvalue weighted by molar-refractivity contribution is 0.236. The lowest BCUT2D eigenvalue weighted by atomic mass is 10.1. The molecule has 2 heteroatoms. The maximum Gasteiger partial charge on any atom is 0.165 e. The number of nitrogens with zero attached hydrogens (tertiary/aromatic N) is 1. The zero-order chi connectivity index (χ0) is 8.97. The first-order valence-corrected chi connectivity index (χ1v) is 3.94. The number of hydrogen-bond donors (Lipinski definition) is 1. The van der Waals surface area contributed by atoms with Crippen LogP contribution >= 0.6 is 0 Å². The summed E-state index contributed by atoms with van der Waals surface area (Å²) in [5.74, 6) is 0. The summed E-state index contributed by atoms with van der Waals surface area (Å²) >= 11 is 0. The SMILES string of the molecule is CCc1ccc([C@H](O)C#N)cc1. The van der Waals surface area contributed by atoms with Gasteiger partial charge in [0.1, 0.15) is 0 Å². The standard InChI is InChI=1S/C10H11NO/c1-2-8-3-5-9(6-4-8)10(12)7-11/h3-6,10,12H,2H2,1H3/t10-/m1/s1. The van der Waals surface area contributed by atoms with Gasteiger partial charge in [-0.2, -0.15) is 5.26 Å². The van der Waals surface area contributed by atoms with Crippen LogP contribution in [0.3, 0.4) is 0 Å². The van der Waals surface area contributed by atoms with E-state index in [1.807, 2.05) is 12.1 Å². The molecule has 0 heterocycles. The van der Waals surface area contributed by atoms with Gasteiger partial charge in [0.2, 0.25) is 0 Å². The Morgan fingerprint density at radius 2 is 2.00 bits per heavy atom. The van der Waals surface area contributed by atoms with Crippen molar-refractivity contribution >= 4 is 0 Å². The number of aryl methyl sites for hydroxylation is 1. The molecule has 0 aromatic heterocycles. The van der Waals surface area contributed by atoms with Gasteiger partial charge in [0.25, 0.3) is 0 Å². The first-order chi connectivity index (χ1) is 5.77. The van der Waals surface area contributed by atoms with Gasteiger partial charge >= 0.3 is 0 Å². The minimum absolute atomic E-state index is 0.662. The first kappa shape index (κ1) is 8.76. The first-order valence-electron chi connectivity index (χ1n) is 3.94. The van der Waals surface area contributed by atoms with Gasteiger partial charge in [0.15, 0.2) is 6.10 Å². The van der Waals surface area contributed by atoms with Crippen LogP contribution in [-0.2, 0) is 6.42 Å². The molecule has 62 valence electrons. The molecule has 1 aromatic carbocycles. The van der Waals surface area contributed by atoms with Crippen LogP contribution in [0.15, 0.2) is 24.3 Å². The third-order valence-electron chi connectivity index (χ3n) is 1.83. The molecule has 0 saturated carbocycles. The van der Waals surface area contributed by atoms with Gasteiger partial charge in [-0.1, -0.05) is 31.2 Å². The van der Waals surface area contributed by atoms with E-state index in [-0.39, 0.29) is 0 Å². The van der Waals surface area contributed by atoms with E-state index in [4.69, 9.17) is 10.4 Å². The molecule has 0 spiro atoms. The van der Waals surface area contributed by atoms with Crippen molar-refractivity contribution < 1.29 is 5.11 Å². The second kappa shape index (κ2) is 3.89. The normalized spacial score (nSPS) is 12.1. The molecule has 2 nitrogen and oxygen atoms in total. The summed E-state index contributed by atoms with van der Waals surface area (Å²) < 4.78 is 0. The molecule has 1 rings (SSSR count). The molecule has 12 heavy (non-hydrogen) atoms. The van der Waals surface area contributed by atoms with E-state index in [2.05, 4.69) is 6.92 Å². The Bertz CT molecular complexity index is 284. The highest BCUT2D eigenvalue weighted by molar-refractivity contribution is 5.26. The second-order valence-electron chi connectivity index (χ2n) is 2.63. The molecule has 0 bridgehead atoms. The smallest absolute Gasteiger partial charge is 0.165 e. The number of benzene rings is 1. The minimum atomic E-state index is -0.990. The number of rotatable bonds is 2. The van der Waals surface area contributed by atoms with Gasteiger partial charge in [0.05, 0.1) is 6.07 Å². The average molecular weight is 161 g/mol. The van der Waals surface area contributed by atoms with E-state index in [0.717, 1.165) is 6.42 Å². The van der Waals surface area contributed by atoms with Crippen molar-refractivity contribution in [3.63, 3.8) is 0 Å². The molecular formula is C10H11NO. The van der Waals surface area contributed by atoms with Crippen molar-refractivity contribution in [1.29, 1.82) is 5.26 Å². The molecule has 1 N–H and O–H groups in total. The van der Waals surface area contributed by atoms with E-state index in [1.54, 1.807) is 18.2 Å². The lowest BCUT2D eigenvalue weighted by Gasteiger charge is -2.02. The molecule has 0 aliphatic heterocycles. The highest BCUT2D eigenvalue weighted by atomic mass is 16.3. The van der Waals surface area contributed by atoms with Crippen LogP contribution in [0.2, 0.25) is 0 Å². The van der Waals surface area contributed by atoms with Crippen molar-refractivity contribution in [2.24, 2.45) is 0 Å². The maximum atomic E-state index is 9.13. The van der Waals surface area contributed by atoms with Gasteiger partial charge < -0.3 is 5.11 Å². The van der Waals surface area contributed by atoms with Crippen molar-refractivity contribution in [1.82, 2.24) is 0 Å². The van der Waals surface area contributed by atoms with Gasteiger partial charge in [-0.15, -0.1) is 0 Å². The predicted octanol–water partition coefficient (Wildman–Crippen LogP) is 1.81. The van der Waals surface area contributed by atoms with Crippen LogP contribution < -0.4 is 0 Å². The van der Waals surface area contributed by atoms with Crippen molar-refractivity contribution in [2.45, 2.75) is 19.4 Å². The lowest BCUT2D eigenvalue weighted by Crippen LogP contribution is -1.92. The Labute approximate surface area is 72.1 Å². The zero-order valence-corrected chi connectivity index (χ0v) is 6.99. The quantitative estimate of drug-likeness (QED) is 0.672. The summed E-state index contributed by atoms with van der Waals surface area (Å²) in [5, 5.41) is 17.5. The maximum absolute atomic E-state index is 9.13. The zero-order valence-electron chi connectivity index (χ0n) is 6.99. The topological polar surface area (TPSA) is 44.0 Å². The number of aliphatic hydroxyl groups excluding tert-OH is 1. The number of aliphatic hydroxyl groups is 1. The Hall–Kier alpha value is -1.33. The minimum Gasteiger partial charge on any atom is -0.374 e. The van der Waals surface area contributed by atoms with Crippen LogP contribution in [0.25, 0.3) is 0 Å². The fourth-order valence-corrected chi connectivity index (χ4v) is 1.01. The summed E-state index contributed by atoms with van der Waals surface area (Å²) in [7, 11) is 0. The largest absolute Gasteiger partial charge is 0.374 e. The number of nitriles is 1. The highest BCUT2D eigenvalue weighted by Crippen LogP contribution is 2.12. The molecular weight excluding hydrogens is 150 g/mol. The van der Waals surface area contributed by atoms with Crippen LogP contribution in [0.5, 0.6) is 0 Å². The molecule has 0 aliphatic rings. The molecule has 0 aliphatic carbocycles. The molecule has 0 saturated heterocycles. The molecule has 0 fully saturated rings. The molecule has 0 unspecified atom stereocenters. The Morgan fingerprint density at radius 1 is 1.42 bits per heavy atom. The highest BCUT2D eigenvalue weighted by Gasteiger charge is 2.03. The summed E-state index contributed by atoms with van der Waals surface area (Å²) in [5.41, 5.74) is 1.87. The van der Waals surface area contributed by atoms with Crippen molar-refractivity contribution in [3.05, 3.63) is 35.4 Å². The Morgan fingerprint density at radius 3 is 2.42 bits per heavy atom. The Kier molecular flexibility index (Phi) is 2.84. The Balaban J connectivity index is 2.86. The van der Waals surface area contributed by atoms with Gasteiger partial charge in [0, 0.05) is 0 Å². The van der Waals surface area contributed by atoms with E-state index >= 15 is 0 Å². The predicted molar refractivity (Wildman–Crippen MR) is 46.4 cm³/mol. The summed E-state index contributed by atoms with van der Waals surface area (Å²) in [6.07, 6.45) is -0.0148. The summed E-state index contributed by atoms with van der Waals surface area (Å²) in [4.78, 5) is 0. The summed E-state index contributed by atoms with van der Waals surface area (Å²) in [6.45, 7) is 2.07. The van der Waals surface area contributed by atoms with Crippen LogP contribution in [0, 0.1) is 11.3 Å². The van der Waals surface area contributed by atoms with Gasteiger partial charge in [-0.3, -0.25) is 0 Å². The second-order valence-corrected chi connectivity index (χ2v) is 2.63. The average Bonchev–Trinajstić information content (AvgIpc) is 2.17. The van der Waals surface area contributed by atoms with Crippen LogP contribution in [0.1, 0.15) is 24.2 Å². The van der Waals surface area contributed by atoms with Gasteiger partial charge in [-0.05, 0) is 17.5 Å². The third kappa shape index (κ3) is 1.84. The molecule has 1 aromatic rings. The molecule has 0 amide bonds. The van der Waals surface area contributed by atoms with E-state index in [0.29, 0.717) is 5.56 Å². The van der Waals surface area contributed by atoms with Crippen molar-refractivity contribution in [2.75, 3.05) is 0 Å².